The van der Waals surface area contributed by atoms with Crippen molar-refractivity contribution < 1.29 is 4.79 Å². The monoisotopic (exact) mass is 295 g/mol. The van der Waals surface area contributed by atoms with E-state index in [9.17, 15) is 4.79 Å². The second-order valence-corrected chi connectivity index (χ2v) is 6.14. The molecule has 6 heteroatoms. The van der Waals surface area contributed by atoms with Gasteiger partial charge in [-0.1, -0.05) is 22.9 Å². The number of nitrogens with zero attached hydrogens (tertiary/aromatic N) is 1. The minimum absolute atomic E-state index is 0.0181. The molecule has 1 aromatic heterocycles. The molecule has 1 aliphatic rings. The first-order valence-electron chi connectivity index (χ1n) is 6.30. The average molecular weight is 296 g/mol. The minimum Gasteiger partial charge on any atom is -0.313 e. The fraction of sp³-hybridized carbons (Fsp3) is 0.385. The lowest BCUT2D eigenvalue weighted by molar-refractivity contribution is -0.116. The van der Waals surface area contributed by atoms with Crippen LogP contribution in [0.3, 0.4) is 0 Å². The van der Waals surface area contributed by atoms with Crippen LogP contribution in [0.2, 0.25) is 5.02 Å². The van der Waals surface area contributed by atoms with Crippen LogP contribution >= 0.6 is 22.9 Å². The Bertz CT molecular complexity index is 607. The largest absolute Gasteiger partial charge is 0.313 e. The molecular weight excluding hydrogens is 282 g/mol. The lowest BCUT2D eigenvalue weighted by Gasteiger charge is -2.08. The van der Waals surface area contributed by atoms with Crippen LogP contribution in [0.5, 0.6) is 0 Å². The Morgan fingerprint density at radius 1 is 1.58 bits per heavy atom. The Morgan fingerprint density at radius 2 is 2.47 bits per heavy atom. The molecule has 100 valence electrons. The second kappa shape index (κ2) is 5.45. The Balaban J connectivity index is 1.68. The van der Waals surface area contributed by atoms with Crippen LogP contribution in [0.25, 0.3) is 10.2 Å². The van der Waals surface area contributed by atoms with Gasteiger partial charge in [0.1, 0.15) is 0 Å². The van der Waals surface area contributed by atoms with Gasteiger partial charge in [-0.3, -0.25) is 4.79 Å². The van der Waals surface area contributed by atoms with Crippen LogP contribution in [0, 0.1) is 0 Å². The smallest absolute Gasteiger partial charge is 0.227 e. The molecule has 2 aromatic rings. The van der Waals surface area contributed by atoms with Crippen molar-refractivity contribution in [3.05, 3.63) is 23.2 Å². The molecule has 1 saturated heterocycles. The highest BCUT2D eigenvalue weighted by molar-refractivity contribution is 7.22. The molecule has 2 N–H and O–H groups in total. The van der Waals surface area contributed by atoms with Crippen molar-refractivity contribution >= 4 is 44.2 Å². The number of nitrogens with one attached hydrogen (secondary N) is 2. The molecule has 4 nitrogen and oxygen atoms in total. The maximum Gasteiger partial charge on any atom is 0.227 e. The number of thiazole rings is 1. The topological polar surface area (TPSA) is 54.0 Å². The third-order valence-electron chi connectivity index (χ3n) is 3.19. The zero-order valence-corrected chi connectivity index (χ0v) is 11.9. The molecule has 2 heterocycles. The van der Waals surface area contributed by atoms with Crippen LogP contribution in [0.15, 0.2) is 18.2 Å². The number of carbonyl (C=O) groups excluding carboxylic acids is 1. The number of fused-ring (bicyclic) bond motifs is 1. The summed E-state index contributed by atoms with van der Waals surface area (Å²) in [5.74, 6) is 0.0181. The van der Waals surface area contributed by atoms with Gasteiger partial charge in [0, 0.05) is 17.5 Å². The van der Waals surface area contributed by atoms with E-state index in [2.05, 4.69) is 15.6 Å². The van der Waals surface area contributed by atoms with Gasteiger partial charge in [-0.05, 0) is 37.6 Å². The third-order valence-corrected chi connectivity index (χ3v) is 4.36. The number of aromatic nitrogens is 1. The van der Waals surface area contributed by atoms with Crippen molar-refractivity contribution in [1.29, 1.82) is 0 Å². The molecule has 1 fully saturated rings. The van der Waals surface area contributed by atoms with Gasteiger partial charge in [0.15, 0.2) is 5.13 Å². The highest BCUT2D eigenvalue weighted by atomic mass is 35.5. The quantitative estimate of drug-likeness (QED) is 0.915. The summed E-state index contributed by atoms with van der Waals surface area (Å²) >= 11 is 7.38. The van der Waals surface area contributed by atoms with Crippen LogP contribution in [0.1, 0.15) is 19.3 Å². The second-order valence-electron chi connectivity index (χ2n) is 4.68. The summed E-state index contributed by atoms with van der Waals surface area (Å²) in [6.45, 7) is 1.01. The van der Waals surface area contributed by atoms with E-state index in [-0.39, 0.29) is 5.91 Å². The molecule has 0 saturated carbocycles. The first kappa shape index (κ1) is 12.8. The van der Waals surface area contributed by atoms with Crippen molar-refractivity contribution in [2.24, 2.45) is 0 Å². The van der Waals surface area contributed by atoms with E-state index in [0.717, 1.165) is 29.6 Å². The van der Waals surface area contributed by atoms with Gasteiger partial charge in [0.25, 0.3) is 0 Å². The zero-order chi connectivity index (χ0) is 13.2. The van der Waals surface area contributed by atoms with Crippen LogP contribution in [0.4, 0.5) is 5.13 Å². The predicted octanol–water partition coefficient (Wildman–Crippen LogP) is 3.03. The highest BCUT2D eigenvalue weighted by Crippen LogP contribution is 2.28. The van der Waals surface area contributed by atoms with E-state index in [0.29, 0.717) is 22.6 Å². The average Bonchev–Trinajstić information content (AvgIpc) is 2.97. The first-order valence-corrected chi connectivity index (χ1v) is 7.49. The van der Waals surface area contributed by atoms with Crippen molar-refractivity contribution in [2.45, 2.75) is 25.3 Å². The van der Waals surface area contributed by atoms with Gasteiger partial charge in [0.2, 0.25) is 5.91 Å². The number of hydrogen-bond acceptors (Lipinski definition) is 4. The molecule has 0 aliphatic carbocycles. The molecule has 1 atom stereocenters. The fourth-order valence-electron chi connectivity index (χ4n) is 2.28. The summed E-state index contributed by atoms with van der Waals surface area (Å²) in [7, 11) is 0. The Kier molecular flexibility index (Phi) is 3.68. The lowest BCUT2D eigenvalue weighted by Crippen LogP contribution is -2.27. The normalized spacial score (nSPS) is 18.9. The van der Waals surface area contributed by atoms with Gasteiger partial charge in [-0.2, -0.15) is 0 Å². The fourth-order valence-corrected chi connectivity index (χ4v) is 3.44. The summed E-state index contributed by atoms with van der Waals surface area (Å²) in [6, 6.07) is 5.84. The van der Waals surface area contributed by atoms with Crippen LogP contribution in [-0.4, -0.2) is 23.5 Å². The van der Waals surface area contributed by atoms with Gasteiger partial charge >= 0.3 is 0 Å². The summed E-state index contributed by atoms with van der Waals surface area (Å²) in [4.78, 5) is 16.3. The molecule has 1 aromatic carbocycles. The maximum atomic E-state index is 11.9. The molecule has 0 bridgehead atoms. The van der Waals surface area contributed by atoms with Gasteiger partial charge in [0.05, 0.1) is 10.2 Å². The van der Waals surface area contributed by atoms with E-state index in [4.69, 9.17) is 11.6 Å². The number of benzene rings is 1. The molecule has 3 rings (SSSR count). The molecule has 19 heavy (non-hydrogen) atoms. The van der Waals surface area contributed by atoms with E-state index in [1.807, 2.05) is 12.1 Å². The lowest BCUT2D eigenvalue weighted by atomic mass is 10.1. The molecule has 0 radical (unpaired) electrons. The summed E-state index contributed by atoms with van der Waals surface area (Å²) in [5, 5.41) is 7.50. The zero-order valence-electron chi connectivity index (χ0n) is 10.3. The third kappa shape index (κ3) is 3.05. The number of hydrogen-bond donors (Lipinski definition) is 2. The SMILES string of the molecule is O=C(CC1CCCN1)Nc1nc2ccc(Cl)cc2s1. The number of halogens is 1. The van der Waals surface area contributed by atoms with Crippen LogP contribution < -0.4 is 10.6 Å². The number of rotatable bonds is 3. The van der Waals surface area contributed by atoms with Gasteiger partial charge in [-0.25, -0.2) is 4.98 Å². The minimum atomic E-state index is 0.0181. The van der Waals surface area contributed by atoms with E-state index >= 15 is 0 Å². The highest BCUT2D eigenvalue weighted by Gasteiger charge is 2.18. The summed E-state index contributed by atoms with van der Waals surface area (Å²) in [5.41, 5.74) is 0.865. The number of carbonyl (C=O) groups is 1. The Labute approximate surface area is 120 Å². The summed E-state index contributed by atoms with van der Waals surface area (Å²) in [6.07, 6.45) is 2.73. The molecule has 1 aliphatic heterocycles. The molecule has 1 amide bonds. The predicted molar refractivity (Wildman–Crippen MR) is 78.9 cm³/mol. The van der Waals surface area contributed by atoms with Crippen LogP contribution in [-0.2, 0) is 4.79 Å². The Hall–Kier alpha value is -1.17. The van der Waals surface area contributed by atoms with Crippen molar-refractivity contribution in [3.8, 4) is 0 Å². The van der Waals surface area contributed by atoms with E-state index in [1.165, 1.54) is 11.3 Å². The maximum absolute atomic E-state index is 11.9. The van der Waals surface area contributed by atoms with E-state index in [1.54, 1.807) is 6.07 Å². The van der Waals surface area contributed by atoms with Crippen molar-refractivity contribution in [3.63, 3.8) is 0 Å². The summed E-state index contributed by atoms with van der Waals surface area (Å²) < 4.78 is 0.988. The Morgan fingerprint density at radius 3 is 3.26 bits per heavy atom. The van der Waals surface area contributed by atoms with Crippen molar-refractivity contribution in [1.82, 2.24) is 10.3 Å². The molecule has 1 unspecified atom stereocenters. The van der Waals surface area contributed by atoms with E-state index < -0.39 is 0 Å². The standard InChI is InChI=1S/C13H14ClN3OS/c14-8-3-4-10-11(6-8)19-13(16-10)17-12(18)7-9-2-1-5-15-9/h3-4,6,9,15H,1-2,5,7H2,(H,16,17,18). The van der Waals surface area contributed by atoms with Gasteiger partial charge < -0.3 is 10.6 Å². The number of amides is 1. The molecule has 0 spiro atoms. The van der Waals surface area contributed by atoms with Crippen molar-refractivity contribution in [2.75, 3.05) is 11.9 Å². The first-order chi connectivity index (χ1) is 9.20. The molecular formula is C13H14ClN3OS. The van der Waals surface area contributed by atoms with Gasteiger partial charge in [-0.15, -0.1) is 0 Å². The number of anilines is 1.